The van der Waals surface area contributed by atoms with Crippen LogP contribution in [0.1, 0.15) is 34.6 Å². The van der Waals surface area contributed by atoms with Crippen molar-refractivity contribution in [3.63, 3.8) is 0 Å². The highest BCUT2D eigenvalue weighted by atomic mass is 32.1. The van der Waals surface area contributed by atoms with Gasteiger partial charge in [-0.05, 0) is 68.5 Å². The lowest BCUT2D eigenvalue weighted by molar-refractivity contribution is 0.0953. The Kier molecular flexibility index (Phi) is 7.11. The maximum Gasteiger partial charge on any atom is 0.257 e. The molecule has 0 saturated carbocycles. The van der Waals surface area contributed by atoms with E-state index in [1.165, 1.54) is 0 Å². The van der Waals surface area contributed by atoms with E-state index < -0.39 is 0 Å². The summed E-state index contributed by atoms with van der Waals surface area (Å²) in [6.45, 7) is 4.86. The predicted octanol–water partition coefficient (Wildman–Crippen LogP) is 2.96. The molecule has 2 aromatic carbocycles. The fourth-order valence-electron chi connectivity index (χ4n) is 2.21. The van der Waals surface area contributed by atoms with Crippen LogP contribution < -0.4 is 20.7 Å². The van der Waals surface area contributed by atoms with E-state index >= 15 is 0 Å². The van der Waals surface area contributed by atoms with Crippen LogP contribution in [0.3, 0.4) is 0 Å². The first-order valence-corrected chi connectivity index (χ1v) is 8.67. The summed E-state index contributed by atoms with van der Waals surface area (Å²) in [5, 5.41) is 8.40. The van der Waals surface area contributed by atoms with Gasteiger partial charge in [0.2, 0.25) is 0 Å². The summed E-state index contributed by atoms with van der Waals surface area (Å²) in [5.41, 5.74) is 1.59. The summed E-state index contributed by atoms with van der Waals surface area (Å²) in [7, 11) is 0. The minimum atomic E-state index is -0.328. The van der Waals surface area contributed by atoms with Crippen molar-refractivity contribution >= 4 is 34.8 Å². The first kappa shape index (κ1) is 19.4. The van der Waals surface area contributed by atoms with Gasteiger partial charge in [-0.2, -0.15) is 0 Å². The summed E-state index contributed by atoms with van der Waals surface area (Å²) >= 11 is 5.17. The lowest BCUT2D eigenvalue weighted by Crippen LogP contribution is -2.34. The molecule has 6 nitrogen and oxygen atoms in total. The van der Waals surface area contributed by atoms with Gasteiger partial charge < -0.3 is 15.4 Å². The molecule has 0 radical (unpaired) electrons. The highest BCUT2D eigenvalue weighted by Gasteiger charge is 2.09. The molecule has 26 heavy (non-hydrogen) atoms. The Morgan fingerprint density at radius 2 is 1.73 bits per heavy atom. The summed E-state index contributed by atoms with van der Waals surface area (Å²) in [4.78, 5) is 24.1. The van der Waals surface area contributed by atoms with E-state index in [4.69, 9.17) is 17.0 Å². The Bertz CT molecular complexity index is 791. The number of hydrogen-bond donors (Lipinski definition) is 3. The van der Waals surface area contributed by atoms with Crippen LogP contribution in [0.4, 0.5) is 5.69 Å². The van der Waals surface area contributed by atoms with Gasteiger partial charge in [0.05, 0.1) is 6.61 Å². The molecule has 3 N–H and O–H groups in total. The number of anilines is 1. The Morgan fingerprint density at radius 3 is 2.38 bits per heavy atom. The van der Waals surface area contributed by atoms with Crippen molar-refractivity contribution in [2.24, 2.45) is 0 Å². The number of amides is 2. The smallest absolute Gasteiger partial charge is 0.257 e. The number of carbonyl (C=O) groups excluding carboxylic acids is 2. The van der Waals surface area contributed by atoms with Crippen LogP contribution >= 0.6 is 12.2 Å². The average molecular weight is 371 g/mol. The Morgan fingerprint density at radius 1 is 1.00 bits per heavy atom. The number of benzene rings is 2. The van der Waals surface area contributed by atoms with Crippen molar-refractivity contribution < 1.29 is 14.3 Å². The van der Waals surface area contributed by atoms with Crippen LogP contribution in [0, 0.1) is 0 Å². The molecule has 0 aliphatic heterocycles. The molecule has 7 heteroatoms. The molecule has 0 saturated heterocycles. The van der Waals surface area contributed by atoms with Gasteiger partial charge in [-0.1, -0.05) is 6.07 Å². The highest BCUT2D eigenvalue weighted by Crippen LogP contribution is 2.13. The van der Waals surface area contributed by atoms with Crippen LogP contribution in [0.25, 0.3) is 0 Å². The maximum absolute atomic E-state index is 12.2. The van der Waals surface area contributed by atoms with Gasteiger partial charge in [0.1, 0.15) is 5.75 Å². The topological polar surface area (TPSA) is 79.5 Å². The van der Waals surface area contributed by atoms with Crippen LogP contribution in [-0.4, -0.2) is 30.1 Å². The Labute approximate surface area is 157 Å². The van der Waals surface area contributed by atoms with Crippen molar-refractivity contribution in [2.75, 3.05) is 18.5 Å². The summed E-state index contributed by atoms with van der Waals surface area (Å²) in [6, 6.07) is 13.7. The zero-order valence-electron chi connectivity index (χ0n) is 14.7. The third kappa shape index (κ3) is 5.56. The van der Waals surface area contributed by atoms with Crippen molar-refractivity contribution in [3.8, 4) is 5.75 Å². The van der Waals surface area contributed by atoms with Gasteiger partial charge in [0.15, 0.2) is 5.11 Å². The van der Waals surface area contributed by atoms with E-state index in [2.05, 4.69) is 16.0 Å². The number of thiocarbonyl (C=S) groups is 1. The van der Waals surface area contributed by atoms with Gasteiger partial charge in [-0.25, -0.2) is 0 Å². The molecular formula is C19H21N3O3S. The number of nitrogens with one attached hydrogen (secondary N) is 3. The monoisotopic (exact) mass is 371 g/mol. The van der Waals surface area contributed by atoms with Crippen molar-refractivity contribution in [1.29, 1.82) is 0 Å². The van der Waals surface area contributed by atoms with Crippen LogP contribution in [-0.2, 0) is 0 Å². The SMILES string of the molecule is CCNC(=O)c1cccc(NC(=S)NC(=O)c2ccc(OCC)cc2)c1. The van der Waals surface area contributed by atoms with E-state index in [-0.39, 0.29) is 16.9 Å². The second kappa shape index (κ2) is 9.53. The second-order valence-corrected chi connectivity index (χ2v) is 5.71. The summed E-state index contributed by atoms with van der Waals surface area (Å²) < 4.78 is 5.35. The first-order chi connectivity index (χ1) is 12.5. The molecular weight excluding hydrogens is 350 g/mol. The van der Waals surface area contributed by atoms with Crippen molar-refractivity contribution in [2.45, 2.75) is 13.8 Å². The van der Waals surface area contributed by atoms with E-state index in [0.29, 0.717) is 35.7 Å². The number of ether oxygens (including phenoxy) is 1. The minimum Gasteiger partial charge on any atom is -0.494 e. The number of rotatable bonds is 6. The molecule has 0 aliphatic rings. The molecule has 0 heterocycles. The lowest BCUT2D eigenvalue weighted by atomic mass is 10.2. The normalized spacial score (nSPS) is 9.92. The standard InChI is InChI=1S/C19H21N3O3S/c1-3-20-17(23)14-6-5-7-15(12-14)21-19(26)22-18(24)13-8-10-16(11-9-13)25-4-2/h5-12H,3-4H2,1-2H3,(H,20,23)(H2,21,22,24,26). The average Bonchev–Trinajstić information content (AvgIpc) is 2.63. The fraction of sp³-hybridized carbons (Fsp3) is 0.211. The summed E-state index contributed by atoms with van der Waals surface area (Å²) in [5.74, 6) is 0.206. The second-order valence-electron chi connectivity index (χ2n) is 5.31. The van der Waals surface area contributed by atoms with Crippen molar-refractivity contribution in [1.82, 2.24) is 10.6 Å². The Balaban J connectivity index is 1.96. The number of carbonyl (C=O) groups is 2. The number of hydrogen-bond acceptors (Lipinski definition) is 4. The zero-order valence-corrected chi connectivity index (χ0v) is 15.5. The molecule has 2 aromatic rings. The molecule has 0 aliphatic carbocycles. The molecule has 0 bridgehead atoms. The fourth-order valence-corrected chi connectivity index (χ4v) is 2.42. The molecule has 0 atom stereocenters. The third-order valence-electron chi connectivity index (χ3n) is 3.37. The molecule has 0 spiro atoms. The Hall–Kier alpha value is -2.93. The minimum absolute atomic E-state index is 0.150. The van der Waals surface area contributed by atoms with E-state index in [1.807, 2.05) is 13.8 Å². The molecule has 136 valence electrons. The quantitative estimate of drug-likeness (QED) is 0.681. The van der Waals surface area contributed by atoms with Gasteiger partial charge in [-0.15, -0.1) is 0 Å². The van der Waals surface area contributed by atoms with E-state index in [9.17, 15) is 9.59 Å². The van der Waals surface area contributed by atoms with Crippen LogP contribution in [0.2, 0.25) is 0 Å². The van der Waals surface area contributed by atoms with E-state index in [0.717, 1.165) is 0 Å². The molecule has 2 rings (SSSR count). The van der Waals surface area contributed by atoms with Gasteiger partial charge in [0.25, 0.3) is 11.8 Å². The third-order valence-corrected chi connectivity index (χ3v) is 3.58. The molecule has 0 unspecified atom stereocenters. The van der Waals surface area contributed by atoms with Crippen LogP contribution in [0.5, 0.6) is 5.75 Å². The van der Waals surface area contributed by atoms with Gasteiger partial charge in [0, 0.05) is 23.4 Å². The zero-order chi connectivity index (χ0) is 18.9. The summed E-state index contributed by atoms with van der Waals surface area (Å²) in [6.07, 6.45) is 0. The molecule has 0 aromatic heterocycles. The van der Waals surface area contributed by atoms with Gasteiger partial charge >= 0.3 is 0 Å². The maximum atomic E-state index is 12.2. The highest BCUT2D eigenvalue weighted by molar-refractivity contribution is 7.80. The lowest BCUT2D eigenvalue weighted by Gasteiger charge is -2.11. The van der Waals surface area contributed by atoms with Gasteiger partial charge in [-0.3, -0.25) is 14.9 Å². The first-order valence-electron chi connectivity index (χ1n) is 8.27. The predicted molar refractivity (Wildman–Crippen MR) is 106 cm³/mol. The largest absolute Gasteiger partial charge is 0.494 e. The van der Waals surface area contributed by atoms with Crippen molar-refractivity contribution in [3.05, 3.63) is 59.7 Å². The molecule has 2 amide bonds. The van der Waals surface area contributed by atoms with Crippen LogP contribution in [0.15, 0.2) is 48.5 Å². The van der Waals surface area contributed by atoms with E-state index in [1.54, 1.807) is 48.5 Å². The molecule has 0 fully saturated rings.